The summed E-state index contributed by atoms with van der Waals surface area (Å²) in [6.07, 6.45) is 2.52. The third kappa shape index (κ3) is 3.05. The highest BCUT2D eigenvalue weighted by molar-refractivity contribution is 7.80. The van der Waals surface area contributed by atoms with Crippen molar-refractivity contribution in [1.82, 2.24) is 9.38 Å². The van der Waals surface area contributed by atoms with Crippen molar-refractivity contribution in [3.63, 3.8) is 0 Å². The van der Waals surface area contributed by atoms with Crippen LogP contribution in [-0.4, -0.2) is 21.0 Å². The molecule has 0 unspecified atom stereocenters. The van der Waals surface area contributed by atoms with Gasteiger partial charge in [-0.25, -0.2) is 4.98 Å². The van der Waals surface area contributed by atoms with Crippen LogP contribution in [0, 0.1) is 6.92 Å². The van der Waals surface area contributed by atoms with E-state index in [0.29, 0.717) is 18.0 Å². The van der Waals surface area contributed by atoms with Crippen molar-refractivity contribution in [2.24, 2.45) is 5.73 Å². The lowest BCUT2D eigenvalue weighted by Gasteiger charge is -2.06. The Morgan fingerprint density at radius 3 is 2.65 bits per heavy atom. The number of ether oxygens (including phenoxy) is 1. The zero-order valence-corrected chi connectivity index (χ0v) is 14.1. The van der Waals surface area contributed by atoms with Gasteiger partial charge in [-0.05, 0) is 49.7 Å². The fourth-order valence-corrected chi connectivity index (χ4v) is 2.83. The summed E-state index contributed by atoms with van der Waals surface area (Å²) < 4.78 is 7.57. The van der Waals surface area contributed by atoms with Crippen LogP contribution < -0.4 is 10.5 Å². The monoisotopic (exact) mass is 325 g/mol. The summed E-state index contributed by atoms with van der Waals surface area (Å²) in [5, 5.41) is 0. The lowest BCUT2D eigenvalue weighted by molar-refractivity contribution is 0.340. The number of fused-ring (bicyclic) bond motifs is 1. The SMILES string of the molecule is CCOc1ccc(-c2nc3c(C)cccn3c2CC(N)=S)cc1. The molecule has 2 N–H and O–H groups in total. The van der Waals surface area contributed by atoms with Gasteiger partial charge in [0.05, 0.1) is 23.0 Å². The predicted molar refractivity (Wildman–Crippen MR) is 97.0 cm³/mol. The largest absolute Gasteiger partial charge is 0.494 e. The molecule has 0 aliphatic rings. The van der Waals surface area contributed by atoms with E-state index in [-0.39, 0.29) is 0 Å². The molecule has 3 aromatic rings. The highest BCUT2D eigenvalue weighted by Gasteiger charge is 2.15. The van der Waals surface area contributed by atoms with Crippen LogP contribution in [-0.2, 0) is 6.42 Å². The Labute approximate surface area is 140 Å². The molecule has 23 heavy (non-hydrogen) atoms. The van der Waals surface area contributed by atoms with Gasteiger partial charge in [0, 0.05) is 18.2 Å². The van der Waals surface area contributed by atoms with Gasteiger partial charge in [0.2, 0.25) is 0 Å². The molecule has 0 bridgehead atoms. The van der Waals surface area contributed by atoms with Gasteiger partial charge in [0.25, 0.3) is 0 Å². The Kier molecular flexibility index (Phi) is 4.30. The Hall–Kier alpha value is -2.40. The van der Waals surface area contributed by atoms with Crippen LogP contribution in [0.4, 0.5) is 0 Å². The van der Waals surface area contributed by atoms with E-state index >= 15 is 0 Å². The summed E-state index contributed by atoms with van der Waals surface area (Å²) in [5.41, 5.74) is 10.8. The van der Waals surface area contributed by atoms with Crippen LogP contribution in [0.15, 0.2) is 42.6 Å². The van der Waals surface area contributed by atoms with Crippen molar-refractivity contribution < 1.29 is 4.74 Å². The van der Waals surface area contributed by atoms with Crippen molar-refractivity contribution in [3.05, 3.63) is 53.9 Å². The quantitative estimate of drug-likeness (QED) is 0.729. The molecule has 0 saturated carbocycles. The smallest absolute Gasteiger partial charge is 0.140 e. The number of rotatable bonds is 5. The molecular formula is C18H19N3OS. The third-order valence-corrected chi connectivity index (χ3v) is 3.87. The molecule has 3 rings (SSSR count). The fraction of sp³-hybridized carbons (Fsp3) is 0.222. The highest BCUT2D eigenvalue weighted by atomic mass is 32.1. The topological polar surface area (TPSA) is 52.5 Å². The fourth-order valence-electron chi connectivity index (χ4n) is 2.69. The van der Waals surface area contributed by atoms with E-state index in [2.05, 4.69) is 17.4 Å². The number of hydrogen-bond acceptors (Lipinski definition) is 3. The number of nitrogens with two attached hydrogens (primary N) is 1. The van der Waals surface area contributed by atoms with Crippen LogP contribution in [0.25, 0.3) is 16.9 Å². The van der Waals surface area contributed by atoms with E-state index in [9.17, 15) is 0 Å². The molecule has 0 aliphatic carbocycles. The molecule has 0 saturated heterocycles. The second-order valence-corrected chi connectivity index (χ2v) is 5.92. The maximum atomic E-state index is 5.79. The van der Waals surface area contributed by atoms with Gasteiger partial charge in [0.1, 0.15) is 11.4 Å². The number of thiocarbonyl (C=S) groups is 1. The number of aromatic nitrogens is 2. The van der Waals surface area contributed by atoms with Gasteiger partial charge in [-0.1, -0.05) is 18.3 Å². The van der Waals surface area contributed by atoms with E-state index in [1.54, 1.807) is 0 Å². The summed E-state index contributed by atoms with van der Waals surface area (Å²) in [4.78, 5) is 5.28. The van der Waals surface area contributed by atoms with Crippen molar-refractivity contribution >= 4 is 22.9 Å². The molecule has 0 aliphatic heterocycles. The minimum absolute atomic E-state index is 0.459. The average molecular weight is 325 g/mol. The second-order valence-electron chi connectivity index (χ2n) is 5.39. The van der Waals surface area contributed by atoms with Crippen molar-refractivity contribution in [1.29, 1.82) is 0 Å². The molecule has 0 atom stereocenters. The number of imidazole rings is 1. The molecule has 0 amide bonds. The van der Waals surface area contributed by atoms with E-state index in [4.69, 9.17) is 27.7 Å². The lowest BCUT2D eigenvalue weighted by Crippen LogP contribution is -2.13. The Morgan fingerprint density at radius 1 is 1.26 bits per heavy atom. The molecule has 2 heterocycles. The van der Waals surface area contributed by atoms with E-state index in [1.807, 2.05) is 43.5 Å². The van der Waals surface area contributed by atoms with Crippen LogP contribution >= 0.6 is 12.2 Å². The van der Waals surface area contributed by atoms with Crippen molar-refractivity contribution in [2.45, 2.75) is 20.3 Å². The van der Waals surface area contributed by atoms with Gasteiger partial charge in [-0.3, -0.25) is 0 Å². The Morgan fingerprint density at radius 2 is 2.00 bits per heavy atom. The van der Waals surface area contributed by atoms with Crippen LogP contribution in [0.1, 0.15) is 18.2 Å². The minimum Gasteiger partial charge on any atom is -0.494 e. The molecule has 0 spiro atoms. The first-order chi connectivity index (χ1) is 11.1. The van der Waals surface area contributed by atoms with Gasteiger partial charge in [-0.2, -0.15) is 0 Å². The first-order valence-corrected chi connectivity index (χ1v) is 7.99. The first-order valence-electron chi connectivity index (χ1n) is 7.58. The van der Waals surface area contributed by atoms with E-state index in [0.717, 1.165) is 33.9 Å². The summed E-state index contributed by atoms with van der Waals surface area (Å²) in [6.45, 7) is 4.67. The molecule has 1 aromatic carbocycles. The summed E-state index contributed by atoms with van der Waals surface area (Å²) in [5.74, 6) is 0.854. The number of aryl methyl sites for hydroxylation is 1. The molecule has 0 radical (unpaired) electrons. The Balaban J connectivity index is 2.15. The Bertz CT molecular complexity index is 853. The molecule has 4 nitrogen and oxygen atoms in total. The summed E-state index contributed by atoms with van der Waals surface area (Å²) in [6, 6.07) is 12.0. The van der Waals surface area contributed by atoms with Crippen LogP contribution in [0.5, 0.6) is 5.75 Å². The van der Waals surface area contributed by atoms with E-state index < -0.39 is 0 Å². The predicted octanol–water partition coefficient (Wildman–Crippen LogP) is 3.54. The second kappa shape index (κ2) is 6.38. The average Bonchev–Trinajstić information content (AvgIpc) is 2.88. The molecular weight excluding hydrogens is 306 g/mol. The van der Waals surface area contributed by atoms with Gasteiger partial charge in [0.15, 0.2) is 0 Å². The highest BCUT2D eigenvalue weighted by Crippen LogP contribution is 2.27. The zero-order valence-electron chi connectivity index (χ0n) is 13.2. The van der Waals surface area contributed by atoms with Gasteiger partial charge < -0.3 is 14.9 Å². The van der Waals surface area contributed by atoms with Crippen molar-refractivity contribution in [2.75, 3.05) is 6.61 Å². The van der Waals surface area contributed by atoms with Crippen LogP contribution in [0.3, 0.4) is 0 Å². The molecule has 0 fully saturated rings. The standard InChI is InChI=1S/C18H19N3OS/c1-3-22-14-8-6-13(7-9-14)17-15(11-16(19)23)21-10-4-5-12(2)18(21)20-17/h4-10H,3,11H2,1-2H3,(H2,19,23). The van der Waals surface area contributed by atoms with Gasteiger partial charge in [-0.15, -0.1) is 0 Å². The van der Waals surface area contributed by atoms with Crippen molar-refractivity contribution in [3.8, 4) is 17.0 Å². The number of benzene rings is 1. The lowest BCUT2D eigenvalue weighted by atomic mass is 10.1. The van der Waals surface area contributed by atoms with E-state index in [1.165, 1.54) is 0 Å². The maximum absolute atomic E-state index is 5.79. The number of pyridine rings is 1. The molecule has 5 heteroatoms. The number of hydrogen-bond donors (Lipinski definition) is 1. The van der Waals surface area contributed by atoms with Crippen LogP contribution in [0.2, 0.25) is 0 Å². The van der Waals surface area contributed by atoms with Gasteiger partial charge >= 0.3 is 0 Å². The number of nitrogens with zero attached hydrogens (tertiary/aromatic N) is 2. The molecule has 118 valence electrons. The maximum Gasteiger partial charge on any atom is 0.140 e. The third-order valence-electron chi connectivity index (χ3n) is 3.72. The summed E-state index contributed by atoms with van der Waals surface area (Å²) >= 11 is 5.12. The summed E-state index contributed by atoms with van der Waals surface area (Å²) in [7, 11) is 0. The molecule has 2 aromatic heterocycles. The normalized spacial score (nSPS) is 10.9. The minimum atomic E-state index is 0.459. The zero-order chi connectivity index (χ0) is 16.4. The first kappa shape index (κ1) is 15.5.